The fraction of sp³-hybridized carbons (Fsp3) is 0.562. The van der Waals surface area contributed by atoms with Crippen LogP contribution in [-0.2, 0) is 0 Å². The number of nitrogens with one attached hydrogen (secondary N) is 1. The van der Waals surface area contributed by atoms with Gasteiger partial charge in [0.1, 0.15) is 5.69 Å². The number of rotatable bonds is 4. The smallest absolute Gasteiger partial charge is 0.301 e. The first-order chi connectivity index (χ1) is 11.6. The van der Waals surface area contributed by atoms with E-state index in [1.54, 1.807) is 0 Å². The van der Waals surface area contributed by atoms with Crippen LogP contribution in [0.1, 0.15) is 33.6 Å². The lowest BCUT2D eigenvalue weighted by atomic mass is 9.70. The second kappa shape index (κ2) is 5.48. The Bertz CT molecular complexity index is 791. The summed E-state index contributed by atoms with van der Waals surface area (Å²) in [5.74, 6) is 0.0945. The van der Waals surface area contributed by atoms with Gasteiger partial charge in [-0.05, 0) is 24.3 Å². The van der Waals surface area contributed by atoms with Crippen molar-refractivity contribution in [3.05, 3.63) is 38.4 Å². The zero-order valence-electron chi connectivity index (χ0n) is 14.2. The van der Waals surface area contributed by atoms with Crippen LogP contribution < -0.4 is 5.43 Å². The molecular weight excluding hydrogens is 328 g/mol. The number of aliphatic hydroxyl groups excluding tert-OH is 1. The molecule has 0 radical (unpaired) electrons. The fourth-order valence-corrected chi connectivity index (χ4v) is 4.13. The Morgan fingerprint density at radius 3 is 2.40 bits per heavy atom. The molecule has 25 heavy (non-hydrogen) atoms. The summed E-state index contributed by atoms with van der Waals surface area (Å²) in [5, 5.41) is 36.6. The molecule has 0 aromatic heterocycles. The highest BCUT2D eigenvalue weighted by atomic mass is 16.6. The molecule has 3 atom stereocenters. The quantitative estimate of drug-likeness (QED) is 0.635. The highest BCUT2D eigenvalue weighted by Gasteiger charge is 2.64. The molecule has 0 heterocycles. The van der Waals surface area contributed by atoms with E-state index in [0.29, 0.717) is 12.8 Å². The van der Waals surface area contributed by atoms with Gasteiger partial charge >= 0.3 is 5.69 Å². The normalized spacial score (nSPS) is 31.3. The van der Waals surface area contributed by atoms with E-state index in [1.165, 1.54) is 12.1 Å². The van der Waals surface area contributed by atoms with Gasteiger partial charge in [0.25, 0.3) is 5.69 Å². The third-order valence-corrected chi connectivity index (χ3v) is 6.20. The summed E-state index contributed by atoms with van der Waals surface area (Å²) in [7, 11) is 0. The van der Waals surface area contributed by atoms with Crippen LogP contribution in [0.5, 0.6) is 0 Å². The third kappa shape index (κ3) is 2.46. The van der Waals surface area contributed by atoms with Crippen LogP contribution in [0.15, 0.2) is 23.3 Å². The first kappa shape index (κ1) is 17.3. The van der Waals surface area contributed by atoms with Gasteiger partial charge < -0.3 is 5.11 Å². The number of fused-ring (bicyclic) bond motifs is 2. The van der Waals surface area contributed by atoms with Crippen molar-refractivity contribution in [3.63, 3.8) is 0 Å². The second-order valence-corrected chi connectivity index (χ2v) is 7.55. The summed E-state index contributed by atoms with van der Waals surface area (Å²) < 4.78 is 0. The molecule has 0 saturated heterocycles. The Balaban J connectivity index is 1.89. The van der Waals surface area contributed by atoms with Gasteiger partial charge in [-0.1, -0.05) is 20.8 Å². The van der Waals surface area contributed by atoms with Crippen molar-refractivity contribution in [1.29, 1.82) is 0 Å². The molecule has 2 aliphatic carbocycles. The number of nitrogens with zero attached hydrogens (tertiary/aromatic N) is 3. The average molecular weight is 348 g/mol. The lowest BCUT2D eigenvalue weighted by molar-refractivity contribution is -0.393. The Kier molecular flexibility index (Phi) is 3.79. The third-order valence-electron chi connectivity index (χ3n) is 6.20. The number of aliphatic hydroxyl groups is 1. The molecule has 0 amide bonds. The van der Waals surface area contributed by atoms with Crippen molar-refractivity contribution in [2.24, 2.45) is 21.8 Å². The van der Waals surface area contributed by atoms with Gasteiger partial charge in [-0.2, -0.15) is 5.10 Å². The first-order valence-electron chi connectivity index (χ1n) is 8.01. The maximum atomic E-state index is 11.2. The van der Waals surface area contributed by atoms with E-state index in [1.807, 2.05) is 6.92 Å². The predicted octanol–water partition coefficient (Wildman–Crippen LogP) is 3.09. The van der Waals surface area contributed by atoms with Crippen molar-refractivity contribution < 1.29 is 15.0 Å². The van der Waals surface area contributed by atoms with Crippen LogP contribution >= 0.6 is 0 Å². The molecule has 2 aliphatic rings. The number of non-ortho nitro benzene ring substituents is 1. The van der Waals surface area contributed by atoms with Crippen LogP contribution in [0.3, 0.4) is 0 Å². The molecule has 1 aromatic rings. The molecule has 134 valence electrons. The largest absolute Gasteiger partial charge is 0.393 e. The van der Waals surface area contributed by atoms with E-state index in [9.17, 15) is 25.3 Å². The van der Waals surface area contributed by atoms with Crippen molar-refractivity contribution in [3.8, 4) is 0 Å². The predicted molar refractivity (Wildman–Crippen MR) is 91.4 cm³/mol. The van der Waals surface area contributed by atoms with Gasteiger partial charge in [-0.25, -0.2) is 0 Å². The molecule has 1 aromatic carbocycles. The zero-order chi connectivity index (χ0) is 18.6. The van der Waals surface area contributed by atoms with Crippen LogP contribution in [0.2, 0.25) is 0 Å². The van der Waals surface area contributed by atoms with Gasteiger partial charge in [0.15, 0.2) is 0 Å². The van der Waals surface area contributed by atoms with E-state index in [0.717, 1.165) is 11.8 Å². The minimum absolute atomic E-state index is 0.0945. The van der Waals surface area contributed by atoms with Crippen LogP contribution in [0.4, 0.5) is 17.1 Å². The second-order valence-electron chi connectivity index (χ2n) is 7.55. The monoisotopic (exact) mass is 348 g/mol. The number of nitro groups is 2. The van der Waals surface area contributed by atoms with Crippen LogP contribution in [0.25, 0.3) is 0 Å². The Morgan fingerprint density at radius 1 is 1.24 bits per heavy atom. The number of hydrogen-bond acceptors (Lipinski definition) is 7. The highest BCUT2D eigenvalue weighted by Crippen LogP contribution is 2.64. The maximum Gasteiger partial charge on any atom is 0.301 e. The fourth-order valence-electron chi connectivity index (χ4n) is 4.13. The maximum absolute atomic E-state index is 11.2. The lowest BCUT2D eigenvalue weighted by Gasteiger charge is -2.36. The minimum Gasteiger partial charge on any atom is -0.393 e. The topological polar surface area (TPSA) is 131 Å². The standard InChI is InChI=1S/C16H20N4O5/c1-15(2)10-7-14(21)16(15,3)8-12(10)18-17-11-5-4-9(19(22)23)6-13(11)20(24)25/h4-6,10,14,17,21H,7-8H2,1-3H3/b18-12+. The molecule has 2 saturated carbocycles. The molecule has 9 heteroatoms. The first-order valence-corrected chi connectivity index (χ1v) is 8.01. The molecule has 2 N–H and O–H groups in total. The van der Waals surface area contributed by atoms with Gasteiger partial charge in [-0.3, -0.25) is 25.7 Å². The zero-order valence-corrected chi connectivity index (χ0v) is 14.2. The van der Waals surface area contributed by atoms with Crippen LogP contribution in [0, 0.1) is 37.0 Å². The summed E-state index contributed by atoms with van der Waals surface area (Å²) >= 11 is 0. The summed E-state index contributed by atoms with van der Waals surface area (Å²) in [5.41, 5.74) is 2.53. The number of hydrazone groups is 1. The summed E-state index contributed by atoms with van der Waals surface area (Å²) in [4.78, 5) is 20.6. The SMILES string of the molecule is CC1(C)C2CC(O)C1(C)C/C2=N\Nc1ccc([N+](=O)[O-])cc1[N+](=O)[O-]. The molecule has 3 rings (SSSR count). The Labute approximate surface area is 144 Å². The highest BCUT2D eigenvalue weighted by molar-refractivity contribution is 5.92. The van der Waals surface area contributed by atoms with Gasteiger partial charge in [0, 0.05) is 23.1 Å². The number of benzene rings is 1. The van der Waals surface area contributed by atoms with Crippen molar-refractivity contribution in [2.75, 3.05) is 5.43 Å². The van der Waals surface area contributed by atoms with Crippen molar-refractivity contribution in [1.82, 2.24) is 0 Å². The summed E-state index contributed by atoms with van der Waals surface area (Å²) in [6.45, 7) is 6.24. The van der Waals surface area contributed by atoms with Crippen molar-refractivity contribution in [2.45, 2.75) is 39.7 Å². The molecular formula is C16H20N4O5. The molecule has 2 bridgehead atoms. The molecule has 9 nitrogen and oxygen atoms in total. The number of nitro benzene ring substituents is 2. The summed E-state index contributed by atoms with van der Waals surface area (Å²) in [6, 6.07) is 3.40. The van der Waals surface area contributed by atoms with Gasteiger partial charge in [0.2, 0.25) is 0 Å². The van der Waals surface area contributed by atoms with Gasteiger partial charge in [0.05, 0.1) is 22.0 Å². The average Bonchev–Trinajstić information content (AvgIpc) is 2.83. The number of anilines is 1. The number of hydrogen-bond donors (Lipinski definition) is 2. The van der Waals surface area contributed by atoms with E-state index in [2.05, 4.69) is 24.4 Å². The molecule has 2 fully saturated rings. The lowest BCUT2D eigenvalue weighted by Crippen LogP contribution is -2.35. The Hall–Kier alpha value is -2.55. The molecule has 0 aliphatic heterocycles. The molecule has 3 unspecified atom stereocenters. The van der Waals surface area contributed by atoms with E-state index >= 15 is 0 Å². The van der Waals surface area contributed by atoms with E-state index < -0.39 is 15.5 Å². The summed E-state index contributed by atoms with van der Waals surface area (Å²) in [6.07, 6.45) is 0.839. The van der Waals surface area contributed by atoms with E-state index in [-0.39, 0.29) is 34.2 Å². The van der Waals surface area contributed by atoms with E-state index in [4.69, 9.17) is 0 Å². The van der Waals surface area contributed by atoms with Gasteiger partial charge in [-0.15, -0.1) is 0 Å². The molecule has 0 spiro atoms. The minimum atomic E-state index is -0.677. The van der Waals surface area contributed by atoms with Crippen molar-refractivity contribution >= 4 is 22.8 Å². The Morgan fingerprint density at radius 2 is 1.92 bits per heavy atom. The van der Waals surface area contributed by atoms with Crippen LogP contribution in [-0.4, -0.2) is 26.8 Å².